The molecule has 0 atom stereocenters. The van der Waals surface area contributed by atoms with Crippen LogP contribution in [0.1, 0.15) is 0 Å². The Balaban J connectivity index is 2.37. The summed E-state index contributed by atoms with van der Waals surface area (Å²) >= 11 is 0. The van der Waals surface area contributed by atoms with Crippen LogP contribution >= 0.6 is 0 Å². The topological polar surface area (TPSA) is 62.1 Å². The minimum Gasteiger partial charge on any atom is -0.292 e. The van der Waals surface area contributed by atoms with Gasteiger partial charge in [-0.1, -0.05) is 46.7 Å². The smallest absolute Gasteiger partial charge is 0.292 e. The first-order valence-electron chi connectivity index (χ1n) is 5.62. The molecule has 19 heavy (non-hydrogen) atoms. The second kappa shape index (κ2) is 6.20. The van der Waals surface area contributed by atoms with Crippen LogP contribution in [0.3, 0.4) is 0 Å². The Morgan fingerprint density at radius 1 is 0.895 bits per heavy atom. The van der Waals surface area contributed by atoms with Crippen molar-refractivity contribution < 1.29 is 9.59 Å². The van der Waals surface area contributed by atoms with Crippen molar-refractivity contribution in [2.45, 2.75) is 0 Å². The molecule has 0 aliphatic carbocycles. The van der Waals surface area contributed by atoms with Crippen molar-refractivity contribution in [2.75, 3.05) is 5.01 Å². The predicted octanol–water partition coefficient (Wildman–Crippen LogP) is 2.92. The molecular formula is C14H11N3O2. The van der Waals surface area contributed by atoms with E-state index in [0.717, 1.165) is 11.4 Å². The van der Waals surface area contributed by atoms with Crippen LogP contribution in [0.2, 0.25) is 0 Å². The maximum Gasteiger partial charge on any atom is 0.329 e. The van der Waals surface area contributed by atoms with E-state index in [-0.39, 0.29) is 6.29 Å². The number of carbonyl (C=O) groups excluding carboxylic acids is 2. The van der Waals surface area contributed by atoms with Crippen LogP contribution in [0.25, 0.3) is 0 Å². The van der Waals surface area contributed by atoms with E-state index >= 15 is 0 Å². The summed E-state index contributed by atoms with van der Waals surface area (Å²) in [5.41, 5.74) is 1.49. The zero-order chi connectivity index (χ0) is 13.5. The quantitative estimate of drug-likeness (QED) is 0.364. The van der Waals surface area contributed by atoms with Gasteiger partial charge in [-0.05, 0) is 24.3 Å². The van der Waals surface area contributed by atoms with Crippen molar-refractivity contribution in [1.29, 1.82) is 0 Å². The van der Waals surface area contributed by atoms with Crippen LogP contribution in [0.5, 0.6) is 0 Å². The fourth-order valence-electron chi connectivity index (χ4n) is 1.50. The van der Waals surface area contributed by atoms with Crippen LogP contribution in [-0.4, -0.2) is 12.2 Å². The first-order valence-corrected chi connectivity index (χ1v) is 5.62. The number of para-hydroxylation sites is 2. The molecule has 0 aromatic heterocycles. The molecule has 2 aromatic carbocycles. The molecule has 0 saturated carbocycles. The van der Waals surface area contributed by atoms with E-state index < -0.39 is 5.91 Å². The first kappa shape index (κ1) is 12.6. The van der Waals surface area contributed by atoms with Crippen molar-refractivity contribution in [3.05, 3.63) is 60.7 Å². The third-order valence-electron chi connectivity index (χ3n) is 2.34. The van der Waals surface area contributed by atoms with Gasteiger partial charge in [0.15, 0.2) is 0 Å². The lowest BCUT2D eigenvalue weighted by molar-refractivity contribution is -0.129. The highest BCUT2D eigenvalue weighted by molar-refractivity contribution is 6.23. The summed E-state index contributed by atoms with van der Waals surface area (Å²) in [6.45, 7) is 0. The summed E-state index contributed by atoms with van der Waals surface area (Å²) in [7, 11) is 0. The fraction of sp³-hybridized carbons (Fsp3) is 0. The molecule has 0 aliphatic heterocycles. The van der Waals surface area contributed by atoms with Gasteiger partial charge < -0.3 is 0 Å². The SMILES string of the molecule is O=CC(=O)N=NN(c1ccccc1)c1ccccc1. The number of anilines is 2. The normalized spacial score (nSPS) is 10.3. The van der Waals surface area contributed by atoms with Crippen molar-refractivity contribution in [3.8, 4) is 0 Å². The predicted molar refractivity (Wildman–Crippen MR) is 71.0 cm³/mol. The summed E-state index contributed by atoms with van der Waals surface area (Å²) in [4.78, 5) is 21.2. The van der Waals surface area contributed by atoms with Crippen molar-refractivity contribution in [3.63, 3.8) is 0 Å². The van der Waals surface area contributed by atoms with Crippen molar-refractivity contribution >= 4 is 23.6 Å². The molecule has 0 saturated heterocycles. The van der Waals surface area contributed by atoms with Crippen LogP contribution in [-0.2, 0) is 9.59 Å². The molecule has 0 bridgehead atoms. The van der Waals surface area contributed by atoms with Gasteiger partial charge in [-0.3, -0.25) is 9.59 Å². The lowest BCUT2D eigenvalue weighted by atomic mass is 10.2. The zero-order valence-electron chi connectivity index (χ0n) is 10.0. The Morgan fingerprint density at radius 3 is 1.79 bits per heavy atom. The molecule has 0 unspecified atom stereocenters. The Hall–Kier alpha value is -2.82. The average molecular weight is 253 g/mol. The van der Waals surface area contributed by atoms with E-state index in [9.17, 15) is 9.59 Å². The van der Waals surface area contributed by atoms with Crippen LogP contribution in [0, 0.1) is 0 Å². The second-order valence-corrected chi connectivity index (χ2v) is 3.63. The van der Waals surface area contributed by atoms with E-state index in [1.54, 1.807) is 0 Å². The maximum atomic E-state index is 10.9. The molecular weight excluding hydrogens is 242 g/mol. The van der Waals surface area contributed by atoms with Gasteiger partial charge in [0.25, 0.3) is 0 Å². The summed E-state index contributed by atoms with van der Waals surface area (Å²) in [6, 6.07) is 18.5. The molecule has 5 nitrogen and oxygen atoms in total. The van der Waals surface area contributed by atoms with Gasteiger partial charge in [0.1, 0.15) is 0 Å². The molecule has 0 aliphatic rings. The summed E-state index contributed by atoms with van der Waals surface area (Å²) in [5.74, 6) is -0.920. The number of rotatable bonds is 4. The van der Waals surface area contributed by atoms with Gasteiger partial charge >= 0.3 is 5.91 Å². The van der Waals surface area contributed by atoms with Crippen LogP contribution in [0.4, 0.5) is 11.4 Å². The van der Waals surface area contributed by atoms with Gasteiger partial charge in [0, 0.05) is 0 Å². The average Bonchev–Trinajstić information content (AvgIpc) is 2.49. The Bertz CT molecular complexity index is 543. The second-order valence-electron chi connectivity index (χ2n) is 3.63. The van der Waals surface area contributed by atoms with Crippen molar-refractivity contribution in [2.24, 2.45) is 10.3 Å². The standard InChI is InChI=1S/C14H11N3O2/c18-11-14(19)15-16-17(12-7-3-1-4-8-12)13-9-5-2-6-10-13/h1-11H. The van der Waals surface area contributed by atoms with E-state index in [1.165, 1.54) is 5.01 Å². The molecule has 0 heterocycles. The minimum atomic E-state index is -0.920. The highest BCUT2D eigenvalue weighted by Crippen LogP contribution is 2.25. The van der Waals surface area contributed by atoms with Crippen LogP contribution in [0.15, 0.2) is 71.0 Å². The molecule has 0 radical (unpaired) electrons. The van der Waals surface area contributed by atoms with E-state index in [1.807, 2.05) is 60.7 Å². The minimum absolute atomic E-state index is 0.123. The number of aldehydes is 1. The van der Waals surface area contributed by atoms with Gasteiger partial charge in [-0.25, -0.2) is 5.01 Å². The number of amides is 1. The van der Waals surface area contributed by atoms with Gasteiger partial charge in [0.05, 0.1) is 11.4 Å². The van der Waals surface area contributed by atoms with Crippen LogP contribution < -0.4 is 5.01 Å². The third kappa shape index (κ3) is 3.32. The number of nitrogens with zero attached hydrogens (tertiary/aromatic N) is 3. The van der Waals surface area contributed by atoms with E-state index in [2.05, 4.69) is 10.3 Å². The molecule has 1 amide bonds. The number of hydrogen-bond acceptors (Lipinski definition) is 3. The number of carbonyl (C=O) groups is 2. The van der Waals surface area contributed by atoms with Crippen molar-refractivity contribution in [1.82, 2.24) is 0 Å². The summed E-state index contributed by atoms with van der Waals surface area (Å²) < 4.78 is 0. The highest BCUT2D eigenvalue weighted by Gasteiger charge is 2.08. The Morgan fingerprint density at radius 2 is 1.37 bits per heavy atom. The Labute approximate surface area is 110 Å². The van der Waals surface area contributed by atoms with E-state index in [0.29, 0.717) is 0 Å². The molecule has 5 heteroatoms. The number of benzene rings is 2. The maximum absolute atomic E-state index is 10.9. The Kier molecular flexibility index (Phi) is 4.12. The monoisotopic (exact) mass is 253 g/mol. The molecule has 94 valence electrons. The lowest BCUT2D eigenvalue weighted by Crippen LogP contribution is -2.08. The highest BCUT2D eigenvalue weighted by atomic mass is 16.2. The molecule has 2 rings (SSSR count). The first-order chi connectivity index (χ1) is 9.31. The van der Waals surface area contributed by atoms with Gasteiger partial charge in [-0.2, -0.15) is 0 Å². The third-order valence-corrected chi connectivity index (χ3v) is 2.34. The van der Waals surface area contributed by atoms with Gasteiger partial charge in [0.2, 0.25) is 6.29 Å². The largest absolute Gasteiger partial charge is 0.329 e. The van der Waals surface area contributed by atoms with Gasteiger partial charge in [-0.15, -0.1) is 0 Å². The zero-order valence-corrected chi connectivity index (χ0v) is 10.0. The fourth-order valence-corrected chi connectivity index (χ4v) is 1.50. The van der Waals surface area contributed by atoms with E-state index in [4.69, 9.17) is 0 Å². The number of hydrogen-bond donors (Lipinski definition) is 0. The lowest BCUT2D eigenvalue weighted by Gasteiger charge is -2.17. The molecule has 0 N–H and O–H groups in total. The molecule has 2 aromatic rings. The molecule has 0 fully saturated rings. The molecule has 0 spiro atoms. The summed E-state index contributed by atoms with van der Waals surface area (Å²) in [5, 5.41) is 8.64. The summed E-state index contributed by atoms with van der Waals surface area (Å²) in [6.07, 6.45) is 0.123.